The summed E-state index contributed by atoms with van der Waals surface area (Å²) in [5.41, 5.74) is 15.5. The van der Waals surface area contributed by atoms with Crippen LogP contribution in [0.25, 0.3) is 0 Å². The summed E-state index contributed by atoms with van der Waals surface area (Å²) in [4.78, 5) is 25.1. The van der Waals surface area contributed by atoms with Crippen molar-refractivity contribution in [3.8, 4) is 0 Å². The molecule has 0 aliphatic heterocycles. The smallest absolute Gasteiger partial charge is 0.158 e. The van der Waals surface area contributed by atoms with Crippen molar-refractivity contribution in [2.45, 2.75) is 24.9 Å². The summed E-state index contributed by atoms with van der Waals surface area (Å²) in [6, 6.07) is 24.6. The Balaban J connectivity index is 1.70. The third-order valence-corrected chi connectivity index (χ3v) is 4.77. The maximum Gasteiger partial charge on any atom is 0.158 e. The number of carbonyl (C=O) groups excluding carboxylic acids is 2. The van der Waals surface area contributed by atoms with Gasteiger partial charge in [-0.3, -0.25) is 9.59 Å². The minimum Gasteiger partial charge on any atom is -0.318 e. The van der Waals surface area contributed by atoms with Gasteiger partial charge in [-0.1, -0.05) is 84.9 Å². The Morgan fingerprint density at radius 2 is 1.00 bits per heavy atom. The first-order valence-electron chi connectivity index (χ1n) is 9.29. The van der Waals surface area contributed by atoms with Crippen LogP contribution in [-0.4, -0.2) is 11.6 Å². The Bertz CT molecular complexity index is 864. The van der Waals surface area contributed by atoms with Gasteiger partial charge in [-0.25, -0.2) is 0 Å². The molecular weight excluding hydrogens is 348 g/mol. The maximum absolute atomic E-state index is 12.5. The van der Waals surface area contributed by atoms with Crippen LogP contribution in [0, 0.1) is 0 Å². The van der Waals surface area contributed by atoms with Crippen molar-refractivity contribution < 1.29 is 9.59 Å². The summed E-state index contributed by atoms with van der Waals surface area (Å²) in [5.74, 6) is -0.153. The second-order valence-corrected chi connectivity index (χ2v) is 6.88. The monoisotopic (exact) mass is 372 g/mol. The van der Waals surface area contributed by atoms with Gasteiger partial charge in [0.15, 0.2) is 11.6 Å². The second-order valence-electron chi connectivity index (χ2n) is 6.88. The third kappa shape index (κ3) is 5.00. The summed E-state index contributed by atoms with van der Waals surface area (Å²) in [6.45, 7) is 0. The molecule has 142 valence electrons. The molecule has 4 N–H and O–H groups in total. The Morgan fingerprint density at radius 1 is 0.607 bits per heavy atom. The molecule has 0 bridgehead atoms. The molecule has 2 atom stereocenters. The number of hydrogen-bond donors (Lipinski definition) is 2. The highest BCUT2D eigenvalue weighted by molar-refractivity contribution is 5.88. The van der Waals surface area contributed by atoms with Gasteiger partial charge in [-0.15, -0.1) is 0 Å². The van der Waals surface area contributed by atoms with Crippen molar-refractivity contribution in [1.29, 1.82) is 0 Å². The van der Waals surface area contributed by atoms with Gasteiger partial charge in [0.1, 0.15) is 0 Å². The Morgan fingerprint density at radius 3 is 1.39 bits per heavy atom. The van der Waals surface area contributed by atoms with Crippen molar-refractivity contribution in [2.24, 2.45) is 11.5 Å². The van der Waals surface area contributed by atoms with E-state index in [0.29, 0.717) is 11.1 Å². The molecule has 0 radical (unpaired) electrons. The van der Waals surface area contributed by atoms with E-state index in [9.17, 15) is 9.59 Å². The highest BCUT2D eigenvalue weighted by Crippen LogP contribution is 2.20. The highest BCUT2D eigenvalue weighted by Gasteiger charge is 2.20. The summed E-state index contributed by atoms with van der Waals surface area (Å²) in [6.07, 6.45) is 0.538. The van der Waals surface area contributed by atoms with Crippen LogP contribution in [0.1, 0.15) is 34.3 Å². The summed E-state index contributed by atoms with van der Waals surface area (Å²) in [7, 11) is 0. The molecule has 3 aromatic carbocycles. The normalized spacial score (nSPS) is 12.9. The maximum atomic E-state index is 12.5. The van der Waals surface area contributed by atoms with Gasteiger partial charge < -0.3 is 11.5 Å². The average Bonchev–Trinajstić information content (AvgIpc) is 2.74. The topological polar surface area (TPSA) is 86.2 Å². The van der Waals surface area contributed by atoms with Crippen LogP contribution in [0.15, 0.2) is 84.9 Å². The molecule has 3 aromatic rings. The Kier molecular flexibility index (Phi) is 6.48. The van der Waals surface area contributed by atoms with Crippen molar-refractivity contribution in [1.82, 2.24) is 0 Å². The van der Waals surface area contributed by atoms with E-state index in [1.165, 1.54) is 0 Å². The van der Waals surface area contributed by atoms with Crippen molar-refractivity contribution in [3.63, 3.8) is 0 Å². The van der Waals surface area contributed by atoms with E-state index < -0.39 is 12.1 Å². The number of Topliss-reactive ketones (excluding diaryl/α,β-unsaturated/α-hetero) is 2. The molecule has 3 rings (SSSR count). The molecule has 0 aliphatic rings. The standard InChI is InChI=1S/C24H24N2O2/c25-23(21(27)14-17-8-3-1-4-9-17)19-12-7-13-20(16-19)24(26)22(28)15-18-10-5-2-6-11-18/h1-13,16,23-24H,14-15,25-26H2. The minimum atomic E-state index is -0.753. The lowest BCUT2D eigenvalue weighted by Gasteiger charge is -2.16. The molecule has 4 heteroatoms. The van der Waals surface area contributed by atoms with Crippen molar-refractivity contribution >= 4 is 11.6 Å². The summed E-state index contributed by atoms with van der Waals surface area (Å²) < 4.78 is 0. The summed E-state index contributed by atoms with van der Waals surface area (Å²) in [5, 5.41) is 0. The van der Waals surface area contributed by atoms with E-state index >= 15 is 0 Å². The first-order chi connectivity index (χ1) is 13.5. The molecule has 0 aromatic heterocycles. The number of ketones is 2. The fourth-order valence-corrected chi connectivity index (χ4v) is 3.13. The molecule has 0 heterocycles. The van der Waals surface area contributed by atoms with Gasteiger partial charge in [0.25, 0.3) is 0 Å². The Labute approximate surface area is 165 Å². The summed E-state index contributed by atoms with van der Waals surface area (Å²) >= 11 is 0. The van der Waals surface area contributed by atoms with Gasteiger partial charge >= 0.3 is 0 Å². The van der Waals surface area contributed by atoms with Crippen molar-refractivity contribution in [3.05, 3.63) is 107 Å². The third-order valence-electron chi connectivity index (χ3n) is 4.77. The van der Waals surface area contributed by atoms with E-state index in [0.717, 1.165) is 11.1 Å². The fraction of sp³-hybridized carbons (Fsp3) is 0.167. The van der Waals surface area contributed by atoms with E-state index in [2.05, 4.69) is 0 Å². The number of nitrogens with two attached hydrogens (primary N) is 2. The Hall–Kier alpha value is -3.08. The number of carbonyl (C=O) groups is 2. The van der Waals surface area contributed by atoms with Crippen molar-refractivity contribution in [2.75, 3.05) is 0 Å². The van der Waals surface area contributed by atoms with Crippen LogP contribution in [0.2, 0.25) is 0 Å². The zero-order valence-corrected chi connectivity index (χ0v) is 15.6. The predicted octanol–water partition coefficient (Wildman–Crippen LogP) is 3.31. The van der Waals surface area contributed by atoms with E-state index in [1.54, 1.807) is 24.3 Å². The van der Waals surface area contributed by atoms with Crippen LogP contribution >= 0.6 is 0 Å². The predicted molar refractivity (Wildman–Crippen MR) is 111 cm³/mol. The largest absolute Gasteiger partial charge is 0.318 e. The molecule has 4 nitrogen and oxygen atoms in total. The molecule has 2 unspecified atom stereocenters. The molecule has 0 spiro atoms. The van der Waals surface area contributed by atoms with Crippen LogP contribution in [0.4, 0.5) is 0 Å². The van der Waals surface area contributed by atoms with Crippen LogP contribution in [0.3, 0.4) is 0 Å². The fourth-order valence-electron chi connectivity index (χ4n) is 3.13. The zero-order chi connectivity index (χ0) is 19.9. The van der Waals surface area contributed by atoms with Gasteiger partial charge in [-0.2, -0.15) is 0 Å². The molecule has 0 aliphatic carbocycles. The molecule has 0 saturated heterocycles. The molecule has 28 heavy (non-hydrogen) atoms. The first kappa shape index (κ1) is 19.7. The minimum absolute atomic E-state index is 0.0764. The zero-order valence-electron chi connectivity index (χ0n) is 15.6. The van der Waals surface area contributed by atoms with Gasteiger partial charge in [0.05, 0.1) is 12.1 Å². The molecular formula is C24H24N2O2. The lowest BCUT2D eigenvalue weighted by Crippen LogP contribution is -2.25. The van der Waals surface area contributed by atoms with E-state index in [1.807, 2.05) is 60.7 Å². The average molecular weight is 372 g/mol. The van der Waals surface area contributed by atoms with Gasteiger partial charge in [-0.05, 0) is 22.3 Å². The van der Waals surface area contributed by atoms with Gasteiger partial charge in [0, 0.05) is 12.8 Å². The van der Waals surface area contributed by atoms with Crippen LogP contribution in [0.5, 0.6) is 0 Å². The first-order valence-corrected chi connectivity index (χ1v) is 9.29. The molecule has 0 saturated carbocycles. The second kappa shape index (κ2) is 9.22. The van der Waals surface area contributed by atoms with Gasteiger partial charge in [0.2, 0.25) is 0 Å². The van der Waals surface area contributed by atoms with E-state index in [4.69, 9.17) is 11.5 Å². The number of rotatable bonds is 8. The lowest BCUT2D eigenvalue weighted by molar-refractivity contribution is -0.120. The lowest BCUT2D eigenvalue weighted by atomic mass is 9.93. The highest BCUT2D eigenvalue weighted by atomic mass is 16.1. The number of benzene rings is 3. The van der Waals surface area contributed by atoms with E-state index in [-0.39, 0.29) is 24.4 Å². The van der Waals surface area contributed by atoms with Crippen LogP contribution < -0.4 is 11.5 Å². The molecule has 0 amide bonds. The quantitative estimate of drug-likeness (QED) is 0.635. The number of hydrogen-bond acceptors (Lipinski definition) is 4. The van der Waals surface area contributed by atoms with Crippen LogP contribution in [-0.2, 0) is 22.4 Å². The SMILES string of the molecule is NC(C(=O)Cc1ccccc1)c1cccc(C(N)C(=O)Cc2ccccc2)c1. The molecule has 0 fully saturated rings.